The molecule has 5 nitrogen and oxygen atoms in total. The van der Waals surface area contributed by atoms with Crippen LogP contribution < -0.4 is 9.62 Å². The number of nitrogens with zero attached hydrogens (tertiary/aromatic N) is 1. The maximum atomic E-state index is 13.1. The molecule has 2 aromatic carbocycles. The van der Waals surface area contributed by atoms with E-state index in [4.69, 9.17) is 0 Å². The van der Waals surface area contributed by atoms with Crippen molar-refractivity contribution in [3.8, 4) is 0 Å². The quantitative estimate of drug-likeness (QED) is 0.730. The molecule has 2 rings (SSSR count). The molecule has 2 aromatic rings. The molecule has 0 aliphatic carbocycles. The summed E-state index contributed by atoms with van der Waals surface area (Å²) < 4.78 is 26.5. The van der Waals surface area contributed by atoms with E-state index < -0.39 is 16.1 Å². The van der Waals surface area contributed by atoms with Gasteiger partial charge in [-0.05, 0) is 81.0 Å². The lowest BCUT2D eigenvalue weighted by molar-refractivity contribution is -0.122. The first-order valence-electron chi connectivity index (χ1n) is 9.89. The highest BCUT2D eigenvalue weighted by Crippen LogP contribution is 2.26. The SMILES string of the molecule is CCC(C(=O)NC(C)c1ccc(C)c(C)c1)N(c1cc(C)cc(C)c1)S(C)(=O)=O. The highest BCUT2D eigenvalue weighted by Gasteiger charge is 2.32. The maximum Gasteiger partial charge on any atom is 0.244 e. The van der Waals surface area contributed by atoms with Crippen molar-refractivity contribution in [3.63, 3.8) is 0 Å². The molecule has 0 aliphatic heterocycles. The second-order valence-corrected chi connectivity index (χ2v) is 9.76. The number of amides is 1. The normalized spacial score (nSPS) is 13.6. The minimum absolute atomic E-state index is 0.225. The molecule has 0 spiro atoms. The van der Waals surface area contributed by atoms with Gasteiger partial charge in [-0.2, -0.15) is 0 Å². The molecule has 0 saturated carbocycles. The molecule has 0 saturated heterocycles. The predicted molar refractivity (Wildman–Crippen MR) is 120 cm³/mol. The molecule has 0 heterocycles. The Morgan fingerprint density at radius 3 is 2.07 bits per heavy atom. The van der Waals surface area contributed by atoms with Gasteiger partial charge in [-0.15, -0.1) is 0 Å². The maximum absolute atomic E-state index is 13.1. The van der Waals surface area contributed by atoms with E-state index in [1.54, 1.807) is 12.1 Å². The first kappa shape index (κ1) is 22.9. The Hall–Kier alpha value is -2.34. The van der Waals surface area contributed by atoms with Crippen molar-refractivity contribution in [1.29, 1.82) is 0 Å². The number of aryl methyl sites for hydroxylation is 4. The number of sulfonamides is 1. The Morgan fingerprint density at radius 2 is 1.59 bits per heavy atom. The fourth-order valence-corrected chi connectivity index (χ4v) is 4.76. The van der Waals surface area contributed by atoms with Gasteiger partial charge in [0, 0.05) is 0 Å². The van der Waals surface area contributed by atoms with E-state index in [1.165, 1.54) is 9.87 Å². The van der Waals surface area contributed by atoms with Gasteiger partial charge in [-0.3, -0.25) is 9.10 Å². The summed E-state index contributed by atoms with van der Waals surface area (Å²) >= 11 is 0. The van der Waals surface area contributed by atoms with Crippen LogP contribution in [0.5, 0.6) is 0 Å². The zero-order chi connectivity index (χ0) is 21.9. The second kappa shape index (κ2) is 8.99. The Kier molecular flexibility index (Phi) is 7.11. The van der Waals surface area contributed by atoms with E-state index in [0.29, 0.717) is 12.1 Å². The van der Waals surface area contributed by atoms with E-state index >= 15 is 0 Å². The monoisotopic (exact) mass is 416 g/mol. The number of rotatable bonds is 7. The Balaban J connectivity index is 2.36. The summed E-state index contributed by atoms with van der Waals surface area (Å²) in [5, 5.41) is 3.00. The molecule has 0 bridgehead atoms. The number of benzene rings is 2. The van der Waals surface area contributed by atoms with Crippen molar-refractivity contribution in [2.45, 2.75) is 60.0 Å². The molecule has 2 unspecified atom stereocenters. The standard InChI is InChI=1S/C23H32N2O3S/c1-8-22(23(26)24-19(6)20-10-9-17(4)18(5)14-20)25(29(7,27)28)21-12-15(2)11-16(3)13-21/h9-14,19,22H,8H2,1-7H3,(H,24,26). The van der Waals surface area contributed by atoms with Crippen LogP contribution in [0.2, 0.25) is 0 Å². The third-order valence-corrected chi connectivity index (χ3v) is 6.36. The van der Waals surface area contributed by atoms with Crippen LogP contribution in [0.25, 0.3) is 0 Å². The predicted octanol–water partition coefficient (Wildman–Crippen LogP) is 4.34. The van der Waals surface area contributed by atoms with Crippen LogP contribution in [-0.4, -0.2) is 26.6 Å². The molecular weight excluding hydrogens is 384 g/mol. The lowest BCUT2D eigenvalue weighted by Crippen LogP contribution is -2.49. The van der Waals surface area contributed by atoms with Gasteiger partial charge < -0.3 is 5.32 Å². The number of hydrogen-bond donors (Lipinski definition) is 1. The number of carbonyl (C=O) groups excluding carboxylic acids is 1. The molecule has 29 heavy (non-hydrogen) atoms. The van der Waals surface area contributed by atoms with Crippen LogP contribution in [-0.2, 0) is 14.8 Å². The van der Waals surface area contributed by atoms with Gasteiger partial charge in [0.1, 0.15) is 6.04 Å². The van der Waals surface area contributed by atoms with Gasteiger partial charge in [0.05, 0.1) is 18.0 Å². The van der Waals surface area contributed by atoms with E-state index in [2.05, 4.69) is 11.4 Å². The van der Waals surface area contributed by atoms with E-state index in [1.807, 2.05) is 59.7 Å². The topological polar surface area (TPSA) is 66.5 Å². The van der Waals surface area contributed by atoms with Crippen LogP contribution in [0, 0.1) is 27.7 Å². The van der Waals surface area contributed by atoms with Crippen molar-refractivity contribution >= 4 is 21.6 Å². The molecule has 2 atom stereocenters. The number of carbonyl (C=O) groups is 1. The molecule has 0 fully saturated rings. The lowest BCUT2D eigenvalue weighted by Gasteiger charge is -2.31. The lowest BCUT2D eigenvalue weighted by atomic mass is 10.0. The van der Waals surface area contributed by atoms with Crippen LogP contribution in [0.1, 0.15) is 54.1 Å². The zero-order valence-corrected chi connectivity index (χ0v) is 19.2. The fraction of sp³-hybridized carbons (Fsp3) is 0.435. The van der Waals surface area contributed by atoms with E-state index in [0.717, 1.165) is 28.5 Å². The molecule has 0 aliphatic rings. The van der Waals surface area contributed by atoms with Crippen LogP contribution in [0.15, 0.2) is 36.4 Å². The number of hydrogen-bond acceptors (Lipinski definition) is 3. The fourth-order valence-electron chi connectivity index (χ4n) is 3.57. The average molecular weight is 417 g/mol. The van der Waals surface area contributed by atoms with Crippen molar-refractivity contribution < 1.29 is 13.2 Å². The van der Waals surface area contributed by atoms with Gasteiger partial charge in [-0.1, -0.05) is 31.2 Å². The van der Waals surface area contributed by atoms with Gasteiger partial charge >= 0.3 is 0 Å². The van der Waals surface area contributed by atoms with Crippen LogP contribution in [0.3, 0.4) is 0 Å². The summed E-state index contributed by atoms with van der Waals surface area (Å²) in [5.74, 6) is -0.303. The van der Waals surface area contributed by atoms with Crippen LogP contribution in [0.4, 0.5) is 5.69 Å². The highest BCUT2D eigenvalue weighted by atomic mass is 32.2. The molecule has 1 amide bonds. The molecule has 158 valence electrons. The summed E-state index contributed by atoms with van der Waals surface area (Å²) in [7, 11) is -3.65. The third-order valence-electron chi connectivity index (χ3n) is 5.18. The minimum Gasteiger partial charge on any atom is -0.348 e. The largest absolute Gasteiger partial charge is 0.348 e. The van der Waals surface area contributed by atoms with Crippen molar-refractivity contribution in [2.24, 2.45) is 0 Å². The van der Waals surface area contributed by atoms with Gasteiger partial charge in [0.15, 0.2) is 0 Å². The molecular formula is C23H32N2O3S. The molecule has 6 heteroatoms. The van der Waals surface area contributed by atoms with E-state index in [9.17, 15) is 13.2 Å². The van der Waals surface area contributed by atoms with Crippen molar-refractivity contribution in [3.05, 3.63) is 64.2 Å². The second-order valence-electron chi connectivity index (χ2n) is 7.90. The minimum atomic E-state index is -3.65. The van der Waals surface area contributed by atoms with Crippen molar-refractivity contribution in [2.75, 3.05) is 10.6 Å². The summed E-state index contributed by atoms with van der Waals surface area (Å²) in [4.78, 5) is 13.1. The number of anilines is 1. The van der Waals surface area contributed by atoms with Crippen molar-refractivity contribution in [1.82, 2.24) is 5.32 Å². The van der Waals surface area contributed by atoms with Gasteiger partial charge in [0.25, 0.3) is 0 Å². The Labute approximate surface area is 175 Å². The summed E-state index contributed by atoms with van der Waals surface area (Å²) in [5.41, 5.74) is 5.76. The molecule has 1 N–H and O–H groups in total. The van der Waals surface area contributed by atoms with Gasteiger partial charge in [0.2, 0.25) is 15.9 Å². The first-order chi connectivity index (χ1) is 13.4. The van der Waals surface area contributed by atoms with Gasteiger partial charge in [-0.25, -0.2) is 8.42 Å². The highest BCUT2D eigenvalue weighted by molar-refractivity contribution is 7.92. The first-order valence-corrected chi connectivity index (χ1v) is 11.7. The Bertz CT molecular complexity index is 979. The summed E-state index contributed by atoms with van der Waals surface area (Å²) in [6, 6.07) is 10.6. The van der Waals surface area contributed by atoms with E-state index in [-0.39, 0.29) is 11.9 Å². The molecule has 0 radical (unpaired) electrons. The zero-order valence-electron chi connectivity index (χ0n) is 18.4. The smallest absolute Gasteiger partial charge is 0.244 e. The number of nitrogens with one attached hydrogen (secondary N) is 1. The Morgan fingerprint density at radius 1 is 1.00 bits per heavy atom. The summed E-state index contributed by atoms with van der Waals surface area (Å²) in [6.07, 6.45) is 1.51. The molecule has 0 aromatic heterocycles. The summed E-state index contributed by atoms with van der Waals surface area (Å²) in [6.45, 7) is 11.7. The third kappa shape index (κ3) is 5.60. The van der Waals surface area contributed by atoms with Crippen LogP contribution >= 0.6 is 0 Å². The average Bonchev–Trinajstić information content (AvgIpc) is 2.59.